The van der Waals surface area contributed by atoms with Crippen molar-refractivity contribution in [2.24, 2.45) is 0 Å². The van der Waals surface area contributed by atoms with E-state index in [9.17, 15) is 8.42 Å². The van der Waals surface area contributed by atoms with Crippen LogP contribution in [-0.2, 0) is 10.0 Å². The highest BCUT2D eigenvalue weighted by Crippen LogP contribution is 2.17. The first-order chi connectivity index (χ1) is 5.02. The van der Waals surface area contributed by atoms with Gasteiger partial charge in [-0.2, -0.15) is 0 Å². The van der Waals surface area contributed by atoms with Crippen LogP contribution in [0.3, 0.4) is 0 Å². The Bertz CT molecular complexity index is 316. The maximum Gasteiger partial charge on any atom is 0.233 e. The van der Waals surface area contributed by atoms with Crippen LogP contribution in [0, 0.1) is 0 Å². The van der Waals surface area contributed by atoms with Gasteiger partial charge in [-0.3, -0.25) is 0 Å². The van der Waals surface area contributed by atoms with E-state index in [0.717, 1.165) is 10.6 Å². The molecule has 11 heavy (non-hydrogen) atoms. The van der Waals surface area contributed by atoms with Gasteiger partial charge in [0.25, 0.3) is 0 Å². The summed E-state index contributed by atoms with van der Waals surface area (Å²) in [6.45, 7) is 0. The van der Waals surface area contributed by atoms with Crippen LogP contribution in [-0.4, -0.2) is 26.7 Å². The maximum atomic E-state index is 10.9. The molecule has 6 heteroatoms. The lowest BCUT2D eigenvalue weighted by Gasteiger charge is -2.11. The lowest BCUT2D eigenvalue weighted by molar-refractivity contribution is 0.600. The smallest absolute Gasteiger partial charge is 0.233 e. The highest BCUT2D eigenvalue weighted by atomic mass is 32.2. The Labute approximate surface area is 69.5 Å². The molecule has 1 aromatic rings. The second-order valence-corrected chi connectivity index (χ2v) is 4.93. The predicted octanol–water partition coefficient (Wildman–Crippen LogP) is 0.539. The molecule has 1 aromatic heterocycles. The fraction of sp³-hybridized carbons (Fsp3) is 0.400. The van der Waals surface area contributed by atoms with Crippen LogP contribution in [0.2, 0.25) is 0 Å². The van der Waals surface area contributed by atoms with Crippen molar-refractivity contribution in [3.63, 3.8) is 0 Å². The van der Waals surface area contributed by atoms with Crippen LogP contribution in [0.4, 0.5) is 5.13 Å². The molecule has 0 radical (unpaired) electrons. The number of hydrogen-bond acceptors (Lipinski definition) is 4. The molecule has 0 saturated heterocycles. The standard InChI is InChI=1S/C5H8N2O2S2/c1-7(11(2,8)9)5-6-3-4-10-5/h3-4H,1-2H3. The molecule has 4 nitrogen and oxygen atoms in total. The van der Waals surface area contributed by atoms with Gasteiger partial charge in [0.2, 0.25) is 10.0 Å². The van der Waals surface area contributed by atoms with Gasteiger partial charge in [0.05, 0.1) is 6.26 Å². The van der Waals surface area contributed by atoms with Crippen molar-refractivity contribution in [1.82, 2.24) is 4.98 Å². The number of sulfonamides is 1. The SMILES string of the molecule is CN(c1nccs1)S(C)(=O)=O. The summed E-state index contributed by atoms with van der Waals surface area (Å²) in [6.07, 6.45) is 2.72. The van der Waals surface area contributed by atoms with Gasteiger partial charge in [-0.25, -0.2) is 17.7 Å². The van der Waals surface area contributed by atoms with Crippen molar-refractivity contribution in [2.75, 3.05) is 17.6 Å². The summed E-state index contributed by atoms with van der Waals surface area (Å²) >= 11 is 1.29. The third kappa shape index (κ3) is 1.90. The van der Waals surface area contributed by atoms with Crippen LogP contribution in [0.1, 0.15) is 0 Å². The van der Waals surface area contributed by atoms with Crippen molar-refractivity contribution in [3.05, 3.63) is 11.6 Å². The topological polar surface area (TPSA) is 50.3 Å². The van der Waals surface area contributed by atoms with Gasteiger partial charge in [0.15, 0.2) is 5.13 Å². The number of thiazole rings is 1. The van der Waals surface area contributed by atoms with E-state index in [-0.39, 0.29) is 0 Å². The summed E-state index contributed by atoms with van der Waals surface area (Å²) < 4.78 is 23.0. The van der Waals surface area contributed by atoms with Gasteiger partial charge in [-0.05, 0) is 0 Å². The summed E-state index contributed by atoms with van der Waals surface area (Å²) in [5, 5.41) is 2.23. The van der Waals surface area contributed by atoms with E-state index in [4.69, 9.17) is 0 Å². The summed E-state index contributed by atoms with van der Waals surface area (Å²) in [6, 6.07) is 0. The number of rotatable bonds is 2. The first-order valence-electron chi connectivity index (χ1n) is 2.85. The van der Waals surface area contributed by atoms with Crippen molar-refractivity contribution in [1.29, 1.82) is 0 Å². The summed E-state index contributed by atoms with van der Waals surface area (Å²) in [5.41, 5.74) is 0. The molecule has 0 aromatic carbocycles. The molecule has 0 fully saturated rings. The van der Waals surface area contributed by atoms with E-state index < -0.39 is 10.0 Å². The van der Waals surface area contributed by atoms with Gasteiger partial charge in [-0.15, -0.1) is 11.3 Å². The van der Waals surface area contributed by atoms with Crippen LogP contribution < -0.4 is 4.31 Å². The Morgan fingerprint density at radius 2 is 2.27 bits per heavy atom. The molecule has 0 bridgehead atoms. The third-order valence-corrected chi connectivity index (χ3v) is 3.32. The molecule has 0 aliphatic rings. The summed E-state index contributed by atoms with van der Waals surface area (Å²) in [4.78, 5) is 3.85. The van der Waals surface area contributed by atoms with E-state index in [1.165, 1.54) is 18.4 Å². The number of nitrogens with zero attached hydrogens (tertiary/aromatic N) is 2. The molecule has 0 amide bonds. The van der Waals surface area contributed by atoms with Crippen LogP contribution >= 0.6 is 11.3 Å². The van der Waals surface area contributed by atoms with Crippen LogP contribution in [0.15, 0.2) is 11.6 Å². The van der Waals surface area contributed by atoms with E-state index in [1.807, 2.05) is 0 Å². The molecule has 0 atom stereocenters. The monoisotopic (exact) mass is 192 g/mol. The zero-order chi connectivity index (χ0) is 8.48. The van der Waals surface area contributed by atoms with Gasteiger partial charge in [0.1, 0.15) is 0 Å². The normalized spacial score (nSPS) is 11.5. The average molecular weight is 192 g/mol. The zero-order valence-electron chi connectivity index (χ0n) is 6.18. The second kappa shape index (κ2) is 2.78. The lowest BCUT2D eigenvalue weighted by Crippen LogP contribution is -2.24. The summed E-state index contributed by atoms with van der Waals surface area (Å²) in [7, 11) is -1.66. The van der Waals surface area contributed by atoms with Gasteiger partial charge in [0, 0.05) is 18.6 Å². The van der Waals surface area contributed by atoms with E-state index in [1.54, 1.807) is 11.6 Å². The lowest BCUT2D eigenvalue weighted by atomic mass is 11.0. The molecule has 0 saturated carbocycles. The first kappa shape index (κ1) is 8.48. The highest BCUT2D eigenvalue weighted by molar-refractivity contribution is 7.92. The van der Waals surface area contributed by atoms with Gasteiger partial charge in [-0.1, -0.05) is 0 Å². The van der Waals surface area contributed by atoms with E-state index in [2.05, 4.69) is 4.98 Å². The van der Waals surface area contributed by atoms with E-state index in [0.29, 0.717) is 5.13 Å². The Hall–Kier alpha value is -0.620. The van der Waals surface area contributed by atoms with Gasteiger partial charge >= 0.3 is 0 Å². The van der Waals surface area contributed by atoms with Crippen molar-refractivity contribution in [3.8, 4) is 0 Å². The first-order valence-corrected chi connectivity index (χ1v) is 5.58. The Morgan fingerprint density at radius 1 is 1.64 bits per heavy atom. The highest BCUT2D eigenvalue weighted by Gasteiger charge is 2.12. The van der Waals surface area contributed by atoms with Crippen LogP contribution in [0.25, 0.3) is 0 Å². The molecule has 0 spiro atoms. The number of hydrogen-bond donors (Lipinski definition) is 0. The average Bonchev–Trinajstić information content (AvgIpc) is 2.34. The Morgan fingerprint density at radius 3 is 2.64 bits per heavy atom. The zero-order valence-corrected chi connectivity index (χ0v) is 7.82. The number of anilines is 1. The van der Waals surface area contributed by atoms with Crippen molar-refractivity contribution >= 4 is 26.5 Å². The molecule has 0 aliphatic heterocycles. The van der Waals surface area contributed by atoms with Crippen LogP contribution in [0.5, 0.6) is 0 Å². The predicted molar refractivity (Wildman–Crippen MR) is 45.4 cm³/mol. The van der Waals surface area contributed by atoms with E-state index >= 15 is 0 Å². The minimum atomic E-state index is -3.14. The minimum Gasteiger partial charge on any atom is -0.248 e. The van der Waals surface area contributed by atoms with Gasteiger partial charge < -0.3 is 0 Å². The largest absolute Gasteiger partial charge is 0.248 e. The maximum absolute atomic E-state index is 10.9. The molecule has 0 unspecified atom stereocenters. The molecule has 0 N–H and O–H groups in total. The summed E-state index contributed by atoms with van der Waals surface area (Å²) in [5.74, 6) is 0. The Balaban J connectivity index is 2.97. The molecular formula is C5H8N2O2S2. The molecule has 1 heterocycles. The number of aromatic nitrogens is 1. The molecule has 1 rings (SSSR count). The third-order valence-electron chi connectivity index (χ3n) is 1.19. The minimum absolute atomic E-state index is 0.493. The second-order valence-electron chi connectivity index (χ2n) is 2.05. The molecule has 62 valence electrons. The molecule has 0 aliphatic carbocycles. The molecular weight excluding hydrogens is 184 g/mol. The fourth-order valence-corrected chi connectivity index (χ4v) is 1.89. The van der Waals surface area contributed by atoms with Crippen molar-refractivity contribution in [2.45, 2.75) is 0 Å². The van der Waals surface area contributed by atoms with Crippen molar-refractivity contribution < 1.29 is 8.42 Å². The Kier molecular flexibility index (Phi) is 2.15. The quantitative estimate of drug-likeness (QED) is 0.687. The fourth-order valence-electron chi connectivity index (χ4n) is 0.513.